The van der Waals surface area contributed by atoms with E-state index >= 15 is 0 Å². The Morgan fingerprint density at radius 1 is 1.24 bits per heavy atom. The van der Waals surface area contributed by atoms with Crippen LogP contribution >= 0.6 is 0 Å². The molecular formula is C14H23NO2. The maximum Gasteiger partial charge on any atom is 0.161 e. The van der Waals surface area contributed by atoms with Crippen LogP contribution in [-0.4, -0.2) is 26.3 Å². The van der Waals surface area contributed by atoms with Crippen molar-refractivity contribution in [2.45, 2.75) is 33.2 Å². The summed E-state index contributed by atoms with van der Waals surface area (Å²) in [5.41, 5.74) is 1.18. The fraction of sp³-hybridized carbons (Fsp3) is 0.571. The molecule has 0 aromatic heterocycles. The summed E-state index contributed by atoms with van der Waals surface area (Å²) in [6.45, 7) is 8.01. The average molecular weight is 237 g/mol. The van der Waals surface area contributed by atoms with Crippen LogP contribution in [0.3, 0.4) is 0 Å². The van der Waals surface area contributed by atoms with Gasteiger partial charge in [0.25, 0.3) is 0 Å². The fourth-order valence-corrected chi connectivity index (χ4v) is 1.54. The van der Waals surface area contributed by atoms with Gasteiger partial charge in [0.1, 0.15) is 0 Å². The Bertz CT molecular complexity index is 337. The van der Waals surface area contributed by atoms with Crippen LogP contribution in [0.5, 0.6) is 11.5 Å². The molecule has 0 aliphatic rings. The first kappa shape index (κ1) is 13.8. The molecule has 1 aromatic carbocycles. The summed E-state index contributed by atoms with van der Waals surface area (Å²) in [6.07, 6.45) is 0.995. The van der Waals surface area contributed by atoms with Crippen LogP contribution in [0.4, 0.5) is 0 Å². The molecular weight excluding hydrogens is 214 g/mol. The Kier molecular flexibility index (Phi) is 5.84. The largest absolute Gasteiger partial charge is 0.493 e. The molecule has 17 heavy (non-hydrogen) atoms. The minimum Gasteiger partial charge on any atom is -0.493 e. The minimum absolute atomic E-state index is 0.531. The smallest absolute Gasteiger partial charge is 0.161 e. The number of methoxy groups -OCH3 is 1. The van der Waals surface area contributed by atoms with Crippen LogP contribution in [0.1, 0.15) is 25.8 Å². The van der Waals surface area contributed by atoms with E-state index in [2.05, 4.69) is 19.2 Å². The van der Waals surface area contributed by atoms with Crippen molar-refractivity contribution in [1.82, 2.24) is 5.32 Å². The number of nitrogens with one attached hydrogen (secondary N) is 1. The summed E-state index contributed by atoms with van der Waals surface area (Å²) in [6, 6.07) is 6.51. The number of aryl methyl sites for hydroxylation is 1. The van der Waals surface area contributed by atoms with E-state index in [1.165, 1.54) is 5.56 Å². The molecule has 1 N–H and O–H groups in total. The molecule has 0 fully saturated rings. The number of hydrogen-bond donors (Lipinski definition) is 1. The van der Waals surface area contributed by atoms with Crippen molar-refractivity contribution >= 4 is 0 Å². The molecule has 0 aliphatic carbocycles. The summed E-state index contributed by atoms with van der Waals surface area (Å²) in [5, 5.41) is 3.36. The van der Waals surface area contributed by atoms with Crippen LogP contribution in [-0.2, 0) is 0 Å². The highest BCUT2D eigenvalue weighted by molar-refractivity contribution is 5.42. The number of benzene rings is 1. The highest BCUT2D eigenvalue weighted by Crippen LogP contribution is 2.27. The normalized spacial score (nSPS) is 10.6. The van der Waals surface area contributed by atoms with Gasteiger partial charge in [0.15, 0.2) is 11.5 Å². The van der Waals surface area contributed by atoms with Gasteiger partial charge in [0.2, 0.25) is 0 Å². The molecule has 0 bridgehead atoms. The number of rotatable bonds is 7. The summed E-state index contributed by atoms with van der Waals surface area (Å²) >= 11 is 0. The van der Waals surface area contributed by atoms with E-state index in [1.807, 2.05) is 25.1 Å². The van der Waals surface area contributed by atoms with E-state index in [1.54, 1.807) is 7.11 Å². The second kappa shape index (κ2) is 7.17. The zero-order valence-corrected chi connectivity index (χ0v) is 11.2. The molecule has 0 saturated heterocycles. The third kappa shape index (κ3) is 5.09. The van der Waals surface area contributed by atoms with Gasteiger partial charge >= 0.3 is 0 Å². The average Bonchev–Trinajstić information content (AvgIpc) is 2.29. The van der Waals surface area contributed by atoms with E-state index in [0.29, 0.717) is 12.6 Å². The van der Waals surface area contributed by atoms with Crippen molar-refractivity contribution in [2.75, 3.05) is 20.3 Å². The molecule has 3 heteroatoms. The van der Waals surface area contributed by atoms with Crippen molar-refractivity contribution in [3.05, 3.63) is 23.8 Å². The second-order valence-electron chi connectivity index (χ2n) is 4.47. The maximum absolute atomic E-state index is 5.70. The Morgan fingerprint density at radius 3 is 2.65 bits per heavy atom. The van der Waals surface area contributed by atoms with Crippen LogP contribution in [0.25, 0.3) is 0 Å². The topological polar surface area (TPSA) is 30.5 Å². The van der Waals surface area contributed by atoms with Gasteiger partial charge in [0, 0.05) is 6.04 Å². The summed E-state index contributed by atoms with van der Waals surface area (Å²) in [7, 11) is 1.67. The van der Waals surface area contributed by atoms with Crippen LogP contribution in [0, 0.1) is 6.92 Å². The molecule has 0 amide bonds. The SMILES string of the molecule is COc1cc(C)ccc1OCCCNC(C)C. The molecule has 96 valence electrons. The van der Waals surface area contributed by atoms with Crippen LogP contribution in [0.15, 0.2) is 18.2 Å². The molecule has 0 atom stereocenters. The highest BCUT2D eigenvalue weighted by atomic mass is 16.5. The summed E-state index contributed by atoms with van der Waals surface area (Å²) in [5.74, 6) is 1.63. The first-order chi connectivity index (χ1) is 8.13. The lowest BCUT2D eigenvalue weighted by Crippen LogP contribution is -2.24. The molecule has 0 aliphatic heterocycles. The first-order valence-corrected chi connectivity index (χ1v) is 6.14. The van der Waals surface area contributed by atoms with Gasteiger partial charge in [-0.1, -0.05) is 19.9 Å². The zero-order valence-electron chi connectivity index (χ0n) is 11.2. The first-order valence-electron chi connectivity index (χ1n) is 6.14. The lowest BCUT2D eigenvalue weighted by atomic mass is 10.2. The molecule has 0 unspecified atom stereocenters. The molecule has 1 rings (SSSR count). The minimum atomic E-state index is 0.531. The van der Waals surface area contributed by atoms with Crippen molar-refractivity contribution < 1.29 is 9.47 Å². The third-order valence-corrected chi connectivity index (χ3v) is 2.45. The lowest BCUT2D eigenvalue weighted by Gasteiger charge is -2.12. The van der Waals surface area contributed by atoms with Crippen LogP contribution in [0.2, 0.25) is 0 Å². The fourth-order valence-electron chi connectivity index (χ4n) is 1.54. The Labute approximate surface area is 104 Å². The maximum atomic E-state index is 5.70. The Balaban J connectivity index is 2.36. The summed E-state index contributed by atoms with van der Waals surface area (Å²) in [4.78, 5) is 0. The standard InChI is InChI=1S/C14H23NO2/c1-11(2)15-8-5-9-17-13-7-6-12(3)10-14(13)16-4/h6-7,10-11,15H,5,8-9H2,1-4H3. The quantitative estimate of drug-likeness (QED) is 0.740. The lowest BCUT2D eigenvalue weighted by molar-refractivity contribution is 0.286. The van der Waals surface area contributed by atoms with E-state index in [4.69, 9.17) is 9.47 Å². The predicted octanol–water partition coefficient (Wildman–Crippen LogP) is 2.77. The van der Waals surface area contributed by atoms with Gasteiger partial charge in [-0.2, -0.15) is 0 Å². The predicted molar refractivity (Wildman–Crippen MR) is 71.0 cm³/mol. The Hall–Kier alpha value is -1.22. The van der Waals surface area contributed by atoms with Gasteiger partial charge in [-0.25, -0.2) is 0 Å². The van der Waals surface area contributed by atoms with Crippen LogP contribution < -0.4 is 14.8 Å². The Morgan fingerprint density at radius 2 is 2.00 bits per heavy atom. The molecule has 0 saturated carbocycles. The van der Waals surface area contributed by atoms with Gasteiger partial charge < -0.3 is 14.8 Å². The monoisotopic (exact) mass is 237 g/mol. The van der Waals surface area contributed by atoms with Crippen molar-refractivity contribution in [3.63, 3.8) is 0 Å². The third-order valence-electron chi connectivity index (χ3n) is 2.45. The van der Waals surface area contributed by atoms with E-state index in [9.17, 15) is 0 Å². The van der Waals surface area contributed by atoms with E-state index in [0.717, 1.165) is 24.5 Å². The van der Waals surface area contributed by atoms with E-state index < -0.39 is 0 Å². The second-order valence-corrected chi connectivity index (χ2v) is 4.47. The zero-order chi connectivity index (χ0) is 12.7. The van der Waals surface area contributed by atoms with Gasteiger partial charge in [-0.3, -0.25) is 0 Å². The van der Waals surface area contributed by atoms with Gasteiger partial charge in [0.05, 0.1) is 13.7 Å². The van der Waals surface area contributed by atoms with Crippen molar-refractivity contribution in [1.29, 1.82) is 0 Å². The van der Waals surface area contributed by atoms with E-state index in [-0.39, 0.29) is 0 Å². The molecule has 0 radical (unpaired) electrons. The molecule has 0 spiro atoms. The van der Waals surface area contributed by atoms with Gasteiger partial charge in [-0.15, -0.1) is 0 Å². The molecule has 3 nitrogen and oxygen atoms in total. The number of hydrogen-bond acceptors (Lipinski definition) is 3. The van der Waals surface area contributed by atoms with Crippen molar-refractivity contribution in [2.24, 2.45) is 0 Å². The van der Waals surface area contributed by atoms with Crippen molar-refractivity contribution in [3.8, 4) is 11.5 Å². The molecule has 0 heterocycles. The molecule has 1 aromatic rings. The van der Waals surface area contributed by atoms with Gasteiger partial charge in [-0.05, 0) is 37.6 Å². The number of ether oxygens (including phenoxy) is 2. The highest BCUT2D eigenvalue weighted by Gasteiger charge is 2.03. The summed E-state index contributed by atoms with van der Waals surface area (Å²) < 4.78 is 11.0.